The third-order valence-corrected chi connectivity index (χ3v) is 5.97. The Morgan fingerprint density at radius 3 is 2.47 bits per heavy atom. The quantitative estimate of drug-likeness (QED) is 0.484. The highest BCUT2D eigenvalue weighted by Crippen LogP contribution is 2.44. The number of thiol groups is 2. The molecule has 2 rings (SSSR count). The Kier molecular flexibility index (Phi) is 3.57. The Bertz CT molecular complexity index is 229. The summed E-state index contributed by atoms with van der Waals surface area (Å²) in [5, 5.41) is 0. The summed E-state index contributed by atoms with van der Waals surface area (Å²) in [6.07, 6.45) is 4.78. The van der Waals surface area contributed by atoms with Crippen LogP contribution < -0.4 is 5.73 Å². The van der Waals surface area contributed by atoms with Gasteiger partial charge in [0, 0.05) is 24.5 Å². The first-order chi connectivity index (χ1) is 7.05. The molecule has 0 aromatic rings. The van der Waals surface area contributed by atoms with Crippen molar-refractivity contribution in [2.45, 2.75) is 31.9 Å². The normalized spacial score (nSPS) is 39.6. The minimum absolute atomic E-state index is 0.225. The molecule has 2 aliphatic heterocycles. The fraction of sp³-hybridized carbons (Fsp3) is 1.00. The highest BCUT2D eigenvalue weighted by Gasteiger charge is 2.47. The van der Waals surface area contributed by atoms with Crippen LogP contribution in [0.1, 0.15) is 19.8 Å². The van der Waals surface area contributed by atoms with E-state index in [2.05, 4.69) is 29.1 Å². The average molecular weight is 250 g/mol. The molecule has 0 amide bonds. The van der Waals surface area contributed by atoms with E-state index in [9.17, 15) is 0 Å². The van der Waals surface area contributed by atoms with Crippen LogP contribution in [0, 0.1) is 5.41 Å². The molecule has 0 radical (unpaired) electrons. The lowest BCUT2D eigenvalue weighted by molar-refractivity contribution is 0.0872. The summed E-state index contributed by atoms with van der Waals surface area (Å²) < 4.78 is 8.17. The molecule has 3 nitrogen and oxygen atoms in total. The van der Waals surface area contributed by atoms with E-state index in [0.29, 0.717) is 0 Å². The van der Waals surface area contributed by atoms with Crippen LogP contribution in [0.5, 0.6) is 0 Å². The molecule has 1 unspecified atom stereocenters. The van der Waals surface area contributed by atoms with E-state index in [1.165, 1.54) is 12.8 Å². The molecule has 3 atom stereocenters. The number of nitrogens with zero attached hydrogens (tertiary/aromatic N) is 1. The number of hydrogen-bond acceptors (Lipinski definition) is 4. The molecule has 2 aliphatic rings. The van der Waals surface area contributed by atoms with Crippen molar-refractivity contribution in [2.75, 3.05) is 26.0 Å². The first-order valence-electron chi connectivity index (χ1n) is 5.60. The van der Waals surface area contributed by atoms with E-state index in [0.717, 1.165) is 19.7 Å². The lowest BCUT2D eigenvalue weighted by Crippen LogP contribution is -2.49. The second-order valence-electron chi connectivity index (χ2n) is 4.85. The highest BCUT2D eigenvalue weighted by molar-refractivity contribution is 8.76. The Morgan fingerprint density at radius 1 is 1.47 bits per heavy atom. The number of ether oxygens (including phenoxy) is 1. The molecule has 2 N–H and O–H groups in total. The molecule has 90 valence electrons. The van der Waals surface area contributed by atoms with Crippen molar-refractivity contribution in [3.05, 3.63) is 0 Å². The van der Waals surface area contributed by atoms with Crippen molar-refractivity contribution in [2.24, 2.45) is 11.1 Å². The van der Waals surface area contributed by atoms with Crippen LogP contribution in [0.25, 0.3) is 0 Å². The summed E-state index contributed by atoms with van der Waals surface area (Å²) in [4.78, 5) is 0. The minimum Gasteiger partial charge on any atom is -0.376 e. The monoisotopic (exact) mass is 250 g/mol. The molecule has 15 heavy (non-hydrogen) atoms. The van der Waals surface area contributed by atoms with Crippen molar-refractivity contribution in [3.8, 4) is 0 Å². The molecule has 0 bridgehead atoms. The zero-order valence-electron chi connectivity index (χ0n) is 9.52. The highest BCUT2D eigenvalue weighted by atomic mass is 33.1. The van der Waals surface area contributed by atoms with Gasteiger partial charge in [-0.2, -0.15) is 10.1 Å². The zero-order valence-corrected chi connectivity index (χ0v) is 11.3. The molecular weight excluding hydrogens is 228 g/mol. The predicted molar refractivity (Wildman–Crippen MR) is 70.5 cm³/mol. The molecule has 2 saturated heterocycles. The zero-order chi connectivity index (χ0) is 11.1. The van der Waals surface area contributed by atoms with Crippen LogP contribution in [0.2, 0.25) is 0 Å². The van der Waals surface area contributed by atoms with Gasteiger partial charge in [0.2, 0.25) is 0 Å². The Hall–Kier alpha value is 0.580. The predicted octanol–water partition coefficient (Wildman–Crippen LogP) is 1.21. The first kappa shape index (κ1) is 12.0. The van der Waals surface area contributed by atoms with Crippen molar-refractivity contribution in [1.82, 2.24) is 4.31 Å². The Labute approximate surface area is 100 Å². The summed E-state index contributed by atoms with van der Waals surface area (Å²) in [6, 6.07) is 0.225. The first-order valence-corrected chi connectivity index (χ1v) is 8.49. The van der Waals surface area contributed by atoms with Crippen LogP contribution >= 0.6 is 21.8 Å². The lowest BCUT2D eigenvalue weighted by atomic mass is 9.74. The van der Waals surface area contributed by atoms with E-state index >= 15 is 0 Å². The molecule has 0 aromatic heterocycles. The summed E-state index contributed by atoms with van der Waals surface area (Å²) in [5.41, 5.74) is 6.51. The van der Waals surface area contributed by atoms with E-state index in [-0.39, 0.29) is 27.7 Å². The molecule has 0 aliphatic carbocycles. The summed E-state index contributed by atoms with van der Waals surface area (Å²) in [5.74, 6) is 0. The fourth-order valence-corrected chi connectivity index (χ4v) is 4.02. The van der Waals surface area contributed by atoms with E-state index in [1.54, 1.807) is 0 Å². The van der Waals surface area contributed by atoms with Crippen molar-refractivity contribution in [3.63, 3.8) is 0 Å². The summed E-state index contributed by atoms with van der Waals surface area (Å²) >= 11 is 4.54. The van der Waals surface area contributed by atoms with E-state index in [1.807, 2.05) is 0 Å². The van der Waals surface area contributed by atoms with Gasteiger partial charge in [0.05, 0.1) is 12.7 Å². The van der Waals surface area contributed by atoms with Gasteiger partial charge in [0.1, 0.15) is 0 Å². The third kappa shape index (κ3) is 2.17. The number of hydrogen-bond donors (Lipinski definition) is 3. The van der Waals surface area contributed by atoms with Gasteiger partial charge in [-0.15, -0.1) is 11.7 Å². The van der Waals surface area contributed by atoms with Gasteiger partial charge in [-0.05, 0) is 26.0 Å². The van der Waals surface area contributed by atoms with Crippen LogP contribution in [0.3, 0.4) is 0 Å². The van der Waals surface area contributed by atoms with Crippen molar-refractivity contribution >= 4 is 21.8 Å². The van der Waals surface area contributed by atoms with Gasteiger partial charge in [-0.1, -0.05) is 0 Å². The molecule has 2 heterocycles. The van der Waals surface area contributed by atoms with E-state index in [4.69, 9.17) is 10.5 Å². The molecule has 0 aromatic carbocycles. The SMILES string of the molecule is C[C@@H]1OCC2(CCN([SH](C)S)CC2)[C@@H]1N. The molecule has 5 heteroatoms. The molecular formula is C10H22N2OS2. The van der Waals surface area contributed by atoms with Gasteiger partial charge < -0.3 is 10.5 Å². The van der Waals surface area contributed by atoms with Gasteiger partial charge in [-0.25, -0.2) is 0 Å². The topological polar surface area (TPSA) is 38.5 Å². The van der Waals surface area contributed by atoms with Crippen LogP contribution in [-0.4, -0.2) is 42.4 Å². The summed E-state index contributed by atoms with van der Waals surface area (Å²) in [6.45, 7) is 5.22. The maximum atomic E-state index is 6.25. The van der Waals surface area contributed by atoms with E-state index < -0.39 is 0 Å². The van der Waals surface area contributed by atoms with Crippen molar-refractivity contribution < 1.29 is 4.74 Å². The van der Waals surface area contributed by atoms with Gasteiger partial charge in [0.15, 0.2) is 0 Å². The average Bonchev–Trinajstić information content (AvgIpc) is 2.48. The summed E-state index contributed by atoms with van der Waals surface area (Å²) in [7, 11) is -0.229. The Balaban J connectivity index is 1.98. The van der Waals surface area contributed by atoms with Gasteiger partial charge in [0.25, 0.3) is 0 Å². The van der Waals surface area contributed by atoms with Crippen molar-refractivity contribution in [1.29, 1.82) is 0 Å². The smallest absolute Gasteiger partial charge is 0.0704 e. The maximum absolute atomic E-state index is 6.25. The Morgan fingerprint density at radius 2 is 2.07 bits per heavy atom. The van der Waals surface area contributed by atoms with Crippen LogP contribution in [-0.2, 0) is 4.74 Å². The fourth-order valence-electron chi connectivity index (χ4n) is 2.70. The largest absolute Gasteiger partial charge is 0.376 e. The van der Waals surface area contributed by atoms with Crippen LogP contribution in [0.15, 0.2) is 0 Å². The number of piperidine rings is 1. The molecule has 0 saturated carbocycles. The number of nitrogens with two attached hydrogens (primary N) is 1. The molecule has 1 spiro atoms. The van der Waals surface area contributed by atoms with Crippen LogP contribution in [0.4, 0.5) is 0 Å². The third-order valence-electron chi connectivity index (χ3n) is 3.99. The maximum Gasteiger partial charge on any atom is 0.0704 e. The second-order valence-corrected chi connectivity index (χ2v) is 8.13. The van der Waals surface area contributed by atoms with Gasteiger partial charge in [-0.3, -0.25) is 4.31 Å². The minimum atomic E-state index is -0.229. The second kappa shape index (κ2) is 4.45. The standard InChI is InChI=1S/C10H22N2OS2/c1-8-9(11)10(7-13-8)3-5-12(6-4-10)15(2)14/h8-9,14-15H,3-7,11H2,1-2H3/t8-,9+/m0/s1. The molecule has 2 fully saturated rings. The van der Waals surface area contributed by atoms with Gasteiger partial charge >= 0.3 is 0 Å². The number of rotatable bonds is 1. The lowest BCUT2D eigenvalue weighted by Gasteiger charge is -2.43.